The summed E-state index contributed by atoms with van der Waals surface area (Å²) in [4.78, 5) is 30.7. The molecule has 20 heavy (non-hydrogen) atoms. The van der Waals surface area contributed by atoms with Crippen LogP contribution in [0, 0.1) is 0 Å². The minimum Gasteiger partial charge on any atom is -0.466 e. The van der Waals surface area contributed by atoms with E-state index in [9.17, 15) is 19.1 Å². The normalized spacial score (nSPS) is 14.6. The van der Waals surface area contributed by atoms with Gasteiger partial charge in [-0.25, -0.2) is 0 Å². The number of carbonyl (C=O) groups is 1. The molecule has 1 aromatic rings. The first-order valence-electron chi connectivity index (χ1n) is 6.65. The lowest BCUT2D eigenvalue weighted by atomic mass is 9.91. The summed E-state index contributed by atoms with van der Waals surface area (Å²) < 4.78 is 16.6. The van der Waals surface area contributed by atoms with E-state index in [-0.39, 0.29) is 13.0 Å². The molecule has 2 N–H and O–H groups in total. The molecule has 1 rings (SSSR count). The molecule has 0 aliphatic rings. The Labute approximate surface area is 119 Å². The standard InChI is InChI=1S/C14H21O5P/c1-3-13(20(16,17)18)12(10-14(15)19-4-2)11-8-6-5-7-9-11/h5-9,12-13H,3-4,10H2,1-2H3,(H2,16,17,18). The Kier molecular flexibility index (Phi) is 6.40. The lowest BCUT2D eigenvalue weighted by Crippen LogP contribution is -2.22. The largest absolute Gasteiger partial charge is 0.466 e. The summed E-state index contributed by atoms with van der Waals surface area (Å²) in [5.41, 5.74) is -0.134. The van der Waals surface area contributed by atoms with E-state index in [2.05, 4.69) is 0 Å². The maximum absolute atomic E-state index is 11.7. The predicted octanol–water partition coefficient (Wildman–Crippen LogP) is 2.68. The van der Waals surface area contributed by atoms with Gasteiger partial charge in [0, 0.05) is 5.92 Å². The topological polar surface area (TPSA) is 83.8 Å². The van der Waals surface area contributed by atoms with Gasteiger partial charge in [-0.1, -0.05) is 37.3 Å². The van der Waals surface area contributed by atoms with E-state index in [0.717, 1.165) is 5.56 Å². The lowest BCUT2D eigenvalue weighted by molar-refractivity contribution is -0.143. The molecular formula is C14H21O5P. The van der Waals surface area contributed by atoms with Crippen molar-refractivity contribution in [3.63, 3.8) is 0 Å². The molecule has 0 amide bonds. The lowest BCUT2D eigenvalue weighted by Gasteiger charge is -2.26. The molecule has 0 bridgehead atoms. The van der Waals surface area contributed by atoms with Crippen LogP contribution in [0.15, 0.2) is 30.3 Å². The van der Waals surface area contributed by atoms with E-state index in [1.807, 2.05) is 6.07 Å². The molecule has 1 aromatic carbocycles. The molecule has 5 nitrogen and oxygen atoms in total. The molecule has 0 spiro atoms. The third kappa shape index (κ3) is 4.75. The van der Waals surface area contributed by atoms with Gasteiger partial charge in [0.05, 0.1) is 18.7 Å². The first-order valence-corrected chi connectivity index (χ1v) is 8.34. The highest BCUT2D eigenvalue weighted by atomic mass is 31.2. The highest BCUT2D eigenvalue weighted by Gasteiger charge is 2.37. The number of hydrogen-bond donors (Lipinski definition) is 2. The first-order chi connectivity index (χ1) is 9.40. The Balaban J connectivity index is 3.07. The van der Waals surface area contributed by atoms with E-state index >= 15 is 0 Å². The van der Waals surface area contributed by atoms with Crippen molar-refractivity contribution in [2.24, 2.45) is 0 Å². The van der Waals surface area contributed by atoms with Gasteiger partial charge in [-0.15, -0.1) is 0 Å². The molecule has 2 atom stereocenters. The van der Waals surface area contributed by atoms with Gasteiger partial charge in [0.2, 0.25) is 0 Å². The second-order valence-electron chi connectivity index (χ2n) is 4.59. The Morgan fingerprint density at radius 2 is 1.85 bits per heavy atom. The van der Waals surface area contributed by atoms with Crippen molar-refractivity contribution < 1.29 is 23.9 Å². The van der Waals surface area contributed by atoms with Crippen LogP contribution in [0.5, 0.6) is 0 Å². The van der Waals surface area contributed by atoms with Crippen molar-refractivity contribution >= 4 is 13.6 Å². The minimum atomic E-state index is -4.28. The minimum absolute atomic E-state index is 0.0263. The van der Waals surface area contributed by atoms with Crippen LogP contribution >= 0.6 is 7.60 Å². The molecule has 0 aliphatic heterocycles. The van der Waals surface area contributed by atoms with E-state index in [4.69, 9.17) is 4.74 Å². The summed E-state index contributed by atoms with van der Waals surface area (Å²) in [6.45, 7) is 3.67. The number of ether oxygens (including phenoxy) is 1. The van der Waals surface area contributed by atoms with Gasteiger partial charge in [-0.05, 0) is 18.9 Å². The fraction of sp³-hybridized carbons (Fsp3) is 0.500. The first kappa shape index (κ1) is 16.9. The average molecular weight is 300 g/mol. The Morgan fingerprint density at radius 1 is 1.25 bits per heavy atom. The number of carbonyl (C=O) groups excluding carboxylic acids is 1. The van der Waals surface area contributed by atoms with Gasteiger partial charge >= 0.3 is 13.6 Å². The molecular weight excluding hydrogens is 279 g/mol. The maximum Gasteiger partial charge on any atom is 0.329 e. The SMILES string of the molecule is CCOC(=O)CC(c1ccccc1)C(CC)P(=O)(O)O. The van der Waals surface area contributed by atoms with Crippen molar-refractivity contribution in [3.05, 3.63) is 35.9 Å². The van der Waals surface area contributed by atoms with E-state index in [0.29, 0.717) is 6.42 Å². The van der Waals surface area contributed by atoms with Crippen molar-refractivity contribution in [2.45, 2.75) is 38.3 Å². The van der Waals surface area contributed by atoms with Gasteiger partial charge in [0.15, 0.2) is 0 Å². The van der Waals surface area contributed by atoms with E-state index < -0.39 is 25.1 Å². The van der Waals surface area contributed by atoms with Crippen LogP contribution in [-0.4, -0.2) is 28.0 Å². The summed E-state index contributed by atoms with van der Waals surface area (Å²) in [6.07, 6.45) is 0.269. The summed E-state index contributed by atoms with van der Waals surface area (Å²) in [5, 5.41) is 0. The van der Waals surface area contributed by atoms with Crippen LogP contribution < -0.4 is 0 Å². The second-order valence-corrected chi connectivity index (χ2v) is 6.43. The third-order valence-corrected chi connectivity index (χ3v) is 4.82. The summed E-state index contributed by atoms with van der Waals surface area (Å²) in [5.74, 6) is -0.977. The van der Waals surface area contributed by atoms with Gasteiger partial charge in [0.1, 0.15) is 0 Å². The molecule has 0 fully saturated rings. The molecule has 0 heterocycles. The molecule has 0 aliphatic carbocycles. The molecule has 0 saturated heterocycles. The fourth-order valence-electron chi connectivity index (χ4n) is 2.33. The van der Waals surface area contributed by atoms with Crippen molar-refractivity contribution in [1.29, 1.82) is 0 Å². The predicted molar refractivity (Wildman–Crippen MR) is 76.6 cm³/mol. The third-order valence-electron chi connectivity index (χ3n) is 3.23. The van der Waals surface area contributed by atoms with Crippen LogP contribution in [0.2, 0.25) is 0 Å². The molecule has 6 heteroatoms. The highest BCUT2D eigenvalue weighted by molar-refractivity contribution is 7.52. The number of hydrogen-bond acceptors (Lipinski definition) is 3. The number of rotatable bonds is 7. The fourth-order valence-corrected chi connectivity index (χ4v) is 3.55. The van der Waals surface area contributed by atoms with Gasteiger partial charge in [-0.2, -0.15) is 0 Å². The molecule has 2 unspecified atom stereocenters. The number of benzene rings is 1. The van der Waals surface area contributed by atoms with Gasteiger partial charge < -0.3 is 14.5 Å². The van der Waals surface area contributed by atoms with Gasteiger partial charge in [0.25, 0.3) is 0 Å². The zero-order valence-corrected chi connectivity index (χ0v) is 12.6. The zero-order valence-electron chi connectivity index (χ0n) is 11.7. The molecule has 112 valence electrons. The quantitative estimate of drug-likeness (QED) is 0.597. The monoisotopic (exact) mass is 300 g/mol. The summed E-state index contributed by atoms with van der Waals surface area (Å²) in [7, 11) is -4.28. The molecule has 0 aromatic heterocycles. The average Bonchev–Trinajstić information content (AvgIpc) is 2.38. The molecule has 0 radical (unpaired) electrons. The Morgan fingerprint density at radius 3 is 2.30 bits per heavy atom. The second kappa shape index (κ2) is 7.58. The van der Waals surface area contributed by atoms with E-state index in [1.165, 1.54) is 0 Å². The van der Waals surface area contributed by atoms with Crippen LogP contribution in [0.4, 0.5) is 0 Å². The number of esters is 1. The van der Waals surface area contributed by atoms with Crippen LogP contribution in [0.25, 0.3) is 0 Å². The Bertz CT molecular complexity index is 468. The highest BCUT2D eigenvalue weighted by Crippen LogP contribution is 2.50. The van der Waals surface area contributed by atoms with Crippen molar-refractivity contribution in [1.82, 2.24) is 0 Å². The summed E-state index contributed by atoms with van der Waals surface area (Å²) >= 11 is 0. The van der Waals surface area contributed by atoms with Crippen LogP contribution in [-0.2, 0) is 14.1 Å². The maximum atomic E-state index is 11.7. The zero-order chi connectivity index (χ0) is 15.2. The molecule has 0 saturated carbocycles. The summed E-state index contributed by atoms with van der Waals surface area (Å²) in [6, 6.07) is 8.97. The van der Waals surface area contributed by atoms with Crippen LogP contribution in [0.3, 0.4) is 0 Å². The van der Waals surface area contributed by atoms with E-state index in [1.54, 1.807) is 38.1 Å². The van der Waals surface area contributed by atoms with Crippen molar-refractivity contribution in [2.75, 3.05) is 6.61 Å². The van der Waals surface area contributed by atoms with Crippen LogP contribution in [0.1, 0.15) is 38.2 Å². The van der Waals surface area contributed by atoms with Gasteiger partial charge in [-0.3, -0.25) is 9.36 Å². The van der Waals surface area contributed by atoms with Crippen molar-refractivity contribution in [3.8, 4) is 0 Å². The smallest absolute Gasteiger partial charge is 0.329 e. The Hall–Kier alpha value is -1.16.